The van der Waals surface area contributed by atoms with Crippen LogP contribution in [0.4, 0.5) is 0 Å². The fraction of sp³-hybridized carbons (Fsp3) is 0.925. The molecule has 0 aromatic heterocycles. The molecule has 0 amide bonds. The zero-order valence-electron chi connectivity index (χ0n) is 34.8. The van der Waals surface area contributed by atoms with Gasteiger partial charge in [0.1, 0.15) is 41.3 Å². The van der Waals surface area contributed by atoms with Crippen molar-refractivity contribution in [1.82, 2.24) is 0 Å². The number of methoxy groups -OCH3 is 1. The second-order valence-electron chi connectivity index (χ2n) is 17.9. The SMILES string of the molecule is CCC[N+](C)(C)[C@H]1C[C@@H](C)O[C@@H](O[C@@H]2[C@@H](C)[C@H](O[C@H]3C[C@@](C)(OC)[C@@H](O)[C@H](C)O3)[C@@H](C)C(=O)O[C@H](CC)[C@@](C)(O)[C@H](O)[C@@H](C)C3=C(C)C[C@@]2(C)O3)[C@@H]1O. The lowest BCUT2D eigenvalue weighted by molar-refractivity contribution is -0.921. The molecule has 0 aliphatic carbocycles. The second kappa shape index (κ2) is 16.6. The fourth-order valence-corrected chi connectivity index (χ4v) is 9.65. The Morgan fingerprint density at radius 1 is 0.943 bits per heavy atom. The van der Waals surface area contributed by atoms with E-state index in [1.165, 1.54) is 14.0 Å². The van der Waals surface area contributed by atoms with Crippen molar-refractivity contribution in [2.75, 3.05) is 27.7 Å². The van der Waals surface area contributed by atoms with Crippen LogP contribution in [-0.2, 0) is 38.0 Å². The molecular weight excluding hydrogens is 686 g/mol. The number of cyclic esters (lactones) is 1. The van der Waals surface area contributed by atoms with Crippen LogP contribution < -0.4 is 0 Å². The molecule has 0 saturated carbocycles. The summed E-state index contributed by atoms with van der Waals surface area (Å²) in [6, 6.07) is -0.166. The molecule has 0 spiro atoms. The molecule has 3 saturated heterocycles. The molecule has 0 radical (unpaired) electrons. The van der Waals surface area contributed by atoms with Gasteiger partial charge in [0.2, 0.25) is 0 Å². The standard InChI is InChI=1S/C40H72NO12/c1-15-17-41(12,13)27-18-22(4)48-37(30(27)42)52-35-24(6)32(51-29-20-38(9,47-14)34(44)26(8)49-29)25(7)36(45)50-28(16-2)40(11,46)33(43)23(5)31-21(3)19-39(35,10)53-31/h22-30,32-35,37,42-44,46H,15-20H2,1-14H3/q+1/t22-,23+,24+,25-,26+,27+,28-,29+,30-,32+,33-,34+,35-,37+,38-,39-,40-/m1/s1. The van der Waals surface area contributed by atoms with Crippen molar-refractivity contribution < 1.29 is 62.9 Å². The maximum Gasteiger partial charge on any atom is 0.311 e. The number of hydrogen-bond donors (Lipinski definition) is 4. The number of aliphatic hydroxyl groups excluding tert-OH is 3. The van der Waals surface area contributed by atoms with Crippen LogP contribution in [0.3, 0.4) is 0 Å². The van der Waals surface area contributed by atoms with E-state index in [1.54, 1.807) is 34.6 Å². The van der Waals surface area contributed by atoms with E-state index in [9.17, 15) is 25.2 Å². The summed E-state index contributed by atoms with van der Waals surface area (Å²) in [5.74, 6) is -2.31. The van der Waals surface area contributed by atoms with Gasteiger partial charge in [-0.2, -0.15) is 0 Å². The van der Waals surface area contributed by atoms with Crippen LogP contribution in [0.5, 0.6) is 0 Å². The largest absolute Gasteiger partial charge is 0.489 e. The number of likely N-dealkylation sites (N-methyl/N-ethyl adjacent to an activating group) is 1. The highest BCUT2D eigenvalue weighted by molar-refractivity contribution is 5.73. The molecule has 13 nitrogen and oxygen atoms in total. The van der Waals surface area contributed by atoms with Crippen molar-refractivity contribution >= 4 is 5.97 Å². The number of esters is 1. The molecule has 0 aromatic rings. The van der Waals surface area contributed by atoms with Gasteiger partial charge in [-0.3, -0.25) is 4.79 Å². The Labute approximate surface area is 317 Å². The molecule has 0 unspecified atom stereocenters. The normalized spacial score (nSPS) is 47.6. The predicted octanol–water partition coefficient (Wildman–Crippen LogP) is 3.82. The van der Waals surface area contributed by atoms with E-state index < -0.39 is 95.8 Å². The molecule has 17 atom stereocenters. The molecule has 4 aliphatic rings. The maximum absolute atomic E-state index is 14.2. The summed E-state index contributed by atoms with van der Waals surface area (Å²) >= 11 is 0. The Morgan fingerprint density at radius 2 is 1.58 bits per heavy atom. The minimum absolute atomic E-state index is 0.166. The van der Waals surface area contributed by atoms with Crippen molar-refractivity contribution in [3.63, 3.8) is 0 Å². The van der Waals surface area contributed by atoms with Crippen molar-refractivity contribution in [2.45, 2.75) is 193 Å². The minimum Gasteiger partial charge on any atom is -0.489 e. The van der Waals surface area contributed by atoms with Crippen LogP contribution in [0.25, 0.3) is 0 Å². The van der Waals surface area contributed by atoms with Gasteiger partial charge in [0.05, 0.1) is 56.6 Å². The first-order valence-electron chi connectivity index (χ1n) is 19.8. The topological polar surface area (TPSA) is 163 Å². The van der Waals surface area contributed by atoms with Crippen LogP contribution >= 0.6 is 0 Å². The van der Waals surface area contributed by atoms with Gasteiger partial charge in [0.15, 0.2) is 18.7 Å². The molecule has 4 aliphatic heterocycles. The van der Waals surface area contributed by atoms with Gasteiger partial charge in [0, 0.05) is 38.2 Å². The van der Waals surface area contributed by atoms with E-state index in [0.29, 0.717) is 23.1 Å². The second-order valence-corrected chi connectivity index (χ2v) is 17.9. The zero-order chi connectivity index (χ0) is 40.0. The van der Waals surface area contributed by atoms with E-state index in [-0.39, 0.29) is 25.0 Å². The van der Waals surface area contributed by atoms with Crippen LogP contribution in [-0.4, -0.2) is 143 Å². The van der Waals surface area contributed by atoms with Crippen molar-refractivity contribution in [2.24, 2.45) is 17.8 Å². The zero-order valence-corrected chi connectivity index (χ0v) is 34.8. The summed E-state index contributed by atoms with van der Waals surface area (Å²) < 4.78 is 45.7. The van der Waals surface area contributed by atoms with Crippen LogP contribution in [0.2, 0.25) is 0 Å². The van der Waals surface area contributed by atoms with Crippen molar-refractivity contribution in [1.29, 1.82) is 0 Å². The first-order chi connectivity index (χ1) is 24.5. The van der Waals surface area contributed by atoms with Gasteiger partial charge < -0.3 is 58.1 Å². The summed E-state index contributed by atoms with van der Waals surface area (Å²) in [6.45, 7) is 21.1. The third-order valence-corrected chi connectivity index (χ3v) is 13.0. The lowest BCUT2D eigenvalue weighted by Crippen LogP contribution is -2.64. The monoisotopic (exact) mass is 759 g/mol. The van der Waals surface area contributed by atoms with Gasteiger partial charge in [0.25, 0.3) is 0 Å². The highest BCUT2D eigenvalue weighted by atomic mass is 16.7. The average molecular weight is 759 g/mol. The number of carbonyl (C=O) groups excluding carboxylic acids is 1. The summed E-state index contributed by atoms with van der Waals surface area (Å²) in [5, 5.41) is 46.5. The van der Waals surface area contributed by atoms with Crippen LogP contribution in [0.15, 0.2) is 11.3 Å². The number of quaternary nitrogens is 1. The Kier molecular flexibility index (Phi) is 13.9. The molecule has 4 rings (SSSR count). The highest BCUT2D eigenvalue weighted by Gasteiger charge is 2.57. The molecule has 2 bridgehead atoms. The average Bonchev–Trinajstić information content (AvgIpc) is 3.40. The van der Waals surface area contributed by atoms with Gasteiger partial charge in [-0.15, -0.1) is 0 Å². The first-order valence-corrected chi connectivity index (χ1v) is 19.8. The van der Waals surface area contributed by atoms with Crippen LogP contribution in [0, 0.1) is 17.8 Å². The Hall–Kier alpha value is -1.39. The summed E-state index contributed by atoms with van der Waals surface area (Å²) in [6.07, 6.45) is -6.37. The lowest BCUT2D eigenvalue weighted by atomic mass is 9.78. The number of carbonyl (C=O) groups is 1. The summed E-state index contributed by atoms with van der Waals surface area (Å²) in [7, 11) is 5.77. The Balaban J connectivity index is 1.85. The van der Waals surface area contributed by atoms with Crippen molar-refractivity contribution in [3.05, 3.63) is 11.3 Å². The van der Waals surface area contributed by atoms with Crippen molar-refractivity contribution in [3.8, 4) is 0 Å². The number of aliphatic hydroxyl groups is 4. The smallest absolute Gasteiger partial charge is 0.311 e. The van der Waals surface area contributed by atoms with Gasteiger partial charge in [-0.1, -0.05) is 27.7 Å². The van der Waals surface area contributed by atoms with Gasteiger partial charge in [-0.25, -0.2) is 0 Å². The molecule has 3 fully saturated rings. The lowest BCUT2D eigenvalue weighted by Gasteiger charge is -2.50. The Bertz CT molecular complexity index is 1290. The van der Waals surface area contributed by atoms with E-state index in [4.69, 9.17) is 33.2 Å². The predicted molar refractivity (Wildman–Crippen MR) is 197 cm³/mol. The highest BCUT2D eigenvalue weighted by Crippen LogP contribution is 2.47. The summed E-state index contributed by atoms with van der Waals surface area (Å²) in [5.41, 5.74) is -3.00. The Morgan fingerprint density at radius 3 is 2.17 bits per heavy atom. The molecular formula is C40H72NO12+. The molecule has 4 heterocycles. The summed E-state index contributed by atoms with van der Waals surface area (Å²) in [4.78, 5) is 14.2. The molecule has 308 valence electrons. The van der Waals surface area contributed by atoms with E-state index in [1.807, 2.05) is 27.7 Å². The van der Waals surface area contributed by atoms with Gasteiger partial charge >= 0.3 is 5.97 Å². The van der Waals surface area contributed by atoms with Crippen LogP contribution in [0.1, 0.15) is 108 Å². The fourth-order valence-electron chi connectivity index (χ4n) is 9.65. The minimum atomic E-state index is -1.82. The van der Waals surface area contributed by atoms with Gasteiger partial charge in [-0.05, 0) is 66.9 Å². The maximum atomic E-state index is 14.2. The van der Waals surface area contributed by atoms with E-state index in [2.05, 4.69) is 21.0 Å². The number of hydrogen-bond acceptors (Lipinski definition) is 12. The van der Waals surface area contributed by atoms with E-state index in [0.717, 1.165) is 18.5 Å². The number of nitrogens with zero attached hydrogens (tertiary/aromatic N) is 1. The third-order valence-electron chi connectivity index (χ3n) is 13.0. The molecule has 53 heavy (non-hydrogen) atoms. The first kappa shape index (κ1) is 44.3. The van der Waals surface area contributed by atoms with E-state index >= 15 is 0 Å². The number of ether oxygens (including phenoxy) is 7. The molecule has 0 aromatic carbocycles. The number of rotatable bonds is 9. The quantitative estimate of drug-likeness (QED) is 0.199. The number of fused-ring (bicyclic) bond motifs is 2. The third kappa shape index (κ3) is 8.79. The molecule has 4 N–H and O–H groups in total. The molecule has 13 heteroatoms.